The molecule has 3 aromatic carbocycles. The topological polar surface area (TPSA) is 121 Å². The number of benzene rings is 3. The Hall–Kier alpha value is -4.92. The van der Waals surface area contributed by atoms with Crippen molar-refractivity contribution < 1.29 is 24.0 Å². The summed E-state index contributed by atoms with van der Waals surface area (Å²) in [6, 6.07) is 17.4. The minimum absolute atomic E-state index is 0.0610. The molecule has 1 aromatic heterocycles. The van der Waals surface area contributed by atoms with E-state index in [1.165, 1.54) is 18.2 Å². The number of esters is 1. The molecule has 4 aromatic rings. The van der Waals surface area contributed by atoms with Crippen LogP contribution in [0.5, 0.6) is 0 Å². The molecule has 0 saturated heterocycles. The lowest BCUT2D eigenvalue weighted by molar-refractivity contribution is -0.385. The Bertz CT molecular complexity index is 1470. The number of nitro groups is 1. The maximum Gasteiger partial charge on any atom is 0.345 e. The first-order chi connectivity index (χ1) is 16.5. The van der Waals surface area contributed by atoms with E-state index in [-0.39, 0.29) is 23.3 Å². The molecule has 0 N–H and O–H groups in total. The molecule has 0 bridgehead atoms. The third kappa shape index (κ3) is 3.45. The Labute approximate surface area is 192 Å². The quantitative estimate of drug-likeness (QED) is 0.225. The van der Waals surface area contributed by atoms with Crippen LogP contribution in [0.2, 0.25) is 0 Å². The molecule has 0 atom stereocenters. The van der Waals surface area contributed by atoms with Crippen LogP contribution in [0.25, 0.3) is 5.69 Å². The van der Waals surface area contributed by atoms with Crippen molar-refractivity contribution in [1.82, 2.24) is 9.78 Å². The van der Waals surface area contributed by atoms with Gasteiger partial charge in [0.05, 0.1) is 10.6 Å². The summed E-state index contributed by atoms with van der Waals surface area (Å²) in [6.45, 7) is -0.137. The number of nitro benzene ring substituents is 1. The lowest BCUT2D eigenvalue weighted by atomic mass is 9.82. The number of aromatic nitrogens is 2. The molecule has 0 unspecified atom stereocenters. The number of fused-ring (bicyclic) bond motifs is 2. The Kier molecular flexibility index (Phi) is 5.06. The number of hydrogen-bond donors (Lipinski definition) is 0. The molecule has 0 amide bonds. The van der Waals surface area contributed by atoms with Gasteiger partial charge < -0.3 is 4.74 Å². The monoisotopic (exact) mass is 453 g/mol. The van der Waals surface area contributed by atoms with E-state index in [0.29, 0.717) is 5.56 Å². The second kappa shape index (κ2) is 8.21. The lowest BCUT2D eigenvalue weighted by Crippen LogP contribution is -2.23. The molecule has 1 heterocycles. The zero-order chi connectivity index (χ0) is 23.8. The summed E-state index contributed by atoms with van der Waals surface area (Å²) in [5.41, 5.74) is 0.0719. The summed E-state index contributed by atoms with van der Waals surface area (Å²) in [4.78, 5) is 49.7. The highest BCUT2D eigenvalue weighted by atomic mass is 16.6. The fourth-order valence-electron chi connectivity index (χ4n) is 3.92. The fourth-order valence-corrected chi connectivity index (χ4v) is 3.92. The maximum absolute atomic E-state index is 13.0. The first kappa shape index (κ1) is 21.0. The molecule has 9 heteroatoms. The van der Waals surface area contributed by atoms with E-state index in [4.69, 9.17) is 4.74 Å². The Morgan fingerprint density at radius 3 is 2.26 bits per heavy atom. The van der Waals surface area contributed by atoms with Gasteiger partial charge in [0.15, 0.2) is 5.78 Å². The molecule has 5 rings (SSSR count). The number of ketones is 2. The number of hydrogen-bond acceptors (Lipinski definition) is 7. The number of carbonyl (C=O) groups is 3. The third-order valence-corrected chi connectivity index (χ3v) is 5.54. The van der Waals surface area contributed by atoms with E-state index in [1.807, 2.05) is 0 Å². The molecule has 0 fully saturated rings. The summed E-state index contributed by atoms with van der Waals surface area (Å²) in [5, 5.41) is 16.0. The van der Waals surface area contributed by atoms with Crippen molar-refractivity contribution in [3.05, 3.63) is 123 Å². The summed E-state index contributed by atoms with van der Waals surface area (Å²) in [5.74, 6) is -2.16. The fraction of sp³-hybridized carbons (Fsp3) is 0.0400. The summed E-state index contributed by atoms with van der Waals surface area (Å²) < 4.78 is 6.97. The van der Waals surface area contributed by atoms with Crippen molar-refractivity contribution in [3.63, 3.8) is 0 Å². The number of nitrogens with zero attached hydrogens (tertiary/aromatic N) is 3. The van der Waals surface area contributed by atoms with E-state index in [0.717, 1.165) is 11.8 Å². The van der Waals surface area contributed by atoms with Gasteiger partial charge >= 0.3 is 5.97 Å². The minimum atomic E-state index is -0.968. The summed E-state index contributed by atoms with van der Waals surface area (Å²) in [7, 11) is 0. The number of rotatable bonds is 5. The van der Waals surface area contributed by atoms with Crippen LogP contribution in [0.3, 0.4) is 0 Å². The van der Waals surface area contributed by atoms with Gasteiger partial charge in [0.25, 0.3) is 5.69 Å². The molecule has 0 aliphatic heterocycles. The maximum atomic E-state index is 13.0. The van der Waals surface area contributed by atoms with Crippen molar-refractivity contribution in [2.75, 3.05) is 0 Å². The number of ether oxygens (including phenoxy) is 1. The van der Waals surface area contributed by atoms with Crippen LogP contribution in [0.4, 0.5) is 5.69 Å². The predicted octanol–water partition coefficient (Wildman–Crippen LogP) is 3.91. The minimum Gasteiger partial charge on any atom is -0.457 e. The Morgan fingerprint density at radius 1 is 0.912 bits per heavy atom. The van der Waals surface area contributed by atoms with Crippen molar-refractivity contribution in [2.45, 2.75) is 6.61 Å². The van der Waals surface area contributed by atoms with Crippen molar-refractivity contribution in [1.29, 1.82) is 0 Å². The van der Waals surface area contributed by atoms with Gasteiger partial charge in [-0.05, 0) is 35.9 Å². The van der Waals surface area contributed by atoms with Gasteiger partial charge in [0, 0.05) is 29.1 Å². The molecule has 0 spiro atoms. The molecule has 166 valence electrons. The van der Waals surface area contributed by atoms with Gasteiger partial charge in [-0.25, -0.2) is 9.48 Å². The lowest BCUT2D eigenvalue weighted by Gasteiger charge is -2.18. The largest absolute Gasteiger partial charge is 0.457 e. The first-order valence-corrected chi connectivity index (χ1v) is 10.2. The van der Waals surface area contributed by atoms with Gasteiger partial charge in [0.1, 0.15) is 17.7 Å². The van der Waals surface area contributed by atoms with Gasteiger partial charge in [0.2, 0.25) is 5.78 Å². The van der Waals surface area contributed by atoms with Gasteiger partial charge in [-0.3, -0.25) is 19.7 Å². The average molecular weight is 453 g/mol. The highest BCUT2D eigenvalue weighted by Crippen LogP contribution is 2.35. The average Bonchev–Trinajstić information content (AvgIpc) is 3.40. The number of carbonyl (C=O) groups excluding carboxylic acids is 3. The highest BCUT2D eigenvalue weighted by molar-refractivity contribution is 6.30. The smallest absolute Gasteiger partial charge is 0.345 e. The molecule has 34 heavy (non-hydrogen) atoms. The van der Waals surface area contributed by atoms with E-state index in [2.05, 4.69) is 5.10 Å². The summed E-state index contributed by atoms with van der Waals surface area (Å²) >= 11 is 0. The van der Waals surface area contributed by atoms with E-state index >= 15 is 0 Å². The van der Waals surface area contributed by atoms with Gasteiger partial charge in [-0.2, -0.15) is 5.10 Å². The van der Waals surface area contributed by atoms with Crippen LogP contribution < -0.4 is 0 Å². The van der Waals surface area contributed by atoms with Crippen LogP contribution in [0.1, 0.15) is 47.8 Å². The standard InChI is InChI=1S/C25H15N3O6/c29-23-17-4-1-2-5-18(17)24(30)21-19(23)10-11-20(22(21)28(32)33)25(31)34-14-15-6-8-16(9-7-15)27-13-3-12-26-27/h1-13H,14H2. The third-order valence-electron chi connectivity index (χ3n) is 5.54. The molecule has 9 nitrogen and oxygen atoms in total. The van der Waals surface area contributed by atoms with Gasteiger partial charge in [-0.1, -0.05) is 36.4 Å². The van der Waals surface area contributed by atoms with E-state index in [9.17, 15) is 24.5 Å². The van der Waals surface area contributed by atoms with Crippen LogP contribution in [-0.2, 0) is 11.3 Å². The molecular weight excluding hydrogens is 438 g/mol. The highest BCUT2D eigenvalue weighted by Gasteiger charge is 2.38. The predicted molar refractivity (Wildman–Crippen MR) is 119 cm³/mol. The molecule has 1 aliphatic rings. The van der Waals surface area contributed by atoms with Crippen LogP contribution >= 0.6 is 0 Å². The second-order valence-electron chi connectivity index (χ2n) is 7.54. The zero-order valence-corrected chi connectivity index (χ0v) is 17.5. The SMILES string of the molecule is O=C1c2ccccc2C(=O)c2c1ccc(C(=O)OCc1ccc(-n3cccn3)cc1)c2[N+](=O)[O-]. The van der Waals surface area contributed by atoms with Gasteiger partial charge in [-0.15, -0.1) is 0 Å². The zero-order valence-electron chi connectivity index (χ0n) is 17.5. The first-order valence-electron chi connectivity index (χ1n) is 10.2. The molecular formula is C25H15N3O6. The Balaban J connectivity index is 1.44. The summed E-state index contributed by atoms with van der Waals surface area (Å²) in [6.07, 6.45) is 3.44. The van der Waals surface area contributed by atoms with Crippen molar-refractivity contribution in [2.24, 2.45) is 0 Å². The molecule has 0 saturated carbocycles. The van der Waals surface area contributed by atoms with Crippen LogP contribution in [0, 0.1) is 10.1 Å². The van der Waals surface area contributed by atoms with E-state index < -0.39 is 39.3 Å². The Morgan fingerprint density at radius 2 is 1.62 bits per heavy atom. The van der Waals surface area contributed by atoms with Crippen LogP contribution in [0.15, 0.2) is 79.1 Å². The molecule has 1 aliphatic carbocycles. The van der Waals surface area contributed by atoms with Crippen molar-refractivity contribution in [3.8, 4) is 5.69 Å². The van der Waals surface area contributed by atoms with Crippen LogP contribution in [-0.4, -0.2) is 32.2 Å². The van der Waals surface area contributed by atoms with Crippen molar-refractivity contribution >= 4 is 23.2 Å². The normalized spacial score (nSPS) is 12.1. The molecule has 0 radical (unpaired) electrons. The second-order valence-corrected chi connectivity index (χ2v) is 7.54. The van der Waals surface area contributed by atoms with E-state index in [1.54, 1.807) is 59.5 Å².